The van der Waals surface area contributed by atoms with Gasteiger partial charge in [-0.3, -0.25) is 4.90 Å². The second-order valence-electron chi connectivity index (χ2n) is 4.27. The zero-order valence-electron chi connectivity index (χ0n) is 13.4. The zero-order chi connectivity index (χ0) is 13.6. The Morgan fingerprint density at radius 2 is 1.05 bits per heavy atom. The molecule has 19 heavy (non-hydrogen) atoms. The second-order valence-corrected chi connectivity index (χ2v) is 4.27. The van der Waals surface area contributed by atoms with Gasteiger partial charge in [0.05, 0.1) is 19.8 Å². The molecule has 0 aliphatic rings. The predicted molar refractivity (Wildman–Crippen MR) is 77.2 cm³/mol. The molecule has 0 bridgehead atoms. The van der Waals surface area contributed by atoms with E-state index in [4.69, 9.17) is 9.47 Å². The molecule has 0 unspecified atom stereocenters. The van der Waals surface area contributed by atoms with E-state index in [2.05, 4.69) is 30.6 Å². The van der Waals surface area contributed by atoms with E-state index >= 15 is 0 Å². The molecule has 0 aliphatic carbocycles. The number of hydrogen-bond donors (Lipinski definition) is 0. The van der Waals surface area contributed by atoms with Crippen molar-refractivity contribution in [3.8, 4) is 0 Å². The minimum Gasteiger partial charge on any atom is -0.380 e. The van der Waals surface area contributed by atoms with Crippen molar-refractivity contribution in [1.82, 2.24) is 9.80 Å². The molecule has 0 rings (SSSR count). The molecule has 0 saturated carbocycles. The van der Waals surface area contributed by atoms with Gasteiger partial charge in [-0.25, -0.2) is 0 Å². The summed E-state index contributed by atoms with van der Waals surface area (Å²) in [7, 11) is 0. The first kappa shape index (κ1) is 22.2. The van der Waals surface area contributed by atoms with Gasteiger partial charge in [0.15, 0.2) is 0 Å². The number of nitrogens with zero attached hydrogens (tertiary/aromatic N) is 2. The molecular formula is C14H32N2O2Y. The summed E-state index contributed by atoms with van der Waals surface area (Å²) in [4.78, 5) is 4.75. The molecule has 0 N–H and O–H groups in total. The standard InChI is InChI=1S/C14H32N2O2.Y/c1-5-15(6-2)9-13-18-14-11-16(7-3)10-12-17-8-4;/h5-14H2,1-4H3;. The van der Waals surface area contributed by atoms with Gasteiger partial charge in [0.1, 0.15) is 0 Å². The monoisotopic (exact) mass is 349 g/mol. The number of ether oxygens (including phenoxy) is 2. The van der Waals surface area contributed by atoms with Crippen molar-refractivity contribution in [2.24, 2.45) is 0 Å². The fourth-order valence-corrected chi connectivity index (χ4v) is 1.80. The van der Waals surface area contributed by atoms with Gasteiger partial charge in [0.2, 0.25) is 0 Å². The third kappa shape index (κ3) is 13.7. The van der Waals surface area contributed by atoms with E-state index in [1.807, 2.05) is 6.92 Å². The van der Waals surface area contributed by atoms with Crippen LogP contribution in [-0.4, -0.2) is 75.5 Å². The first-order valence-corrected chi connectivity index (χ1v) is 7.38. The van der Waals surface area contributed by atoms with Crippen LogP contribution in [0.3, 0.4) is 0 Å². The van der Waals surface area contributed by atoms with Gasteiger partial charge < -0.3 is 14.4 Å². The summed E-state index contributed by atoms with van der Waals surface area (Å²) in [5.74, 6) is 0. The molecule has 0 aromatic heterocycles. The van der Waals surface area contributed by atoms with Crippen LogP contribution in [0.2, 0.25) is 0 Å². The van der Waals surface area contributed by atoms with Crippen LogP contribution in [0.5, 0.6) is 0 Å². The maximum Gasteiger partial charge on any atom is 0.0594 e. The molecule has 113 valence electrons. The third-order valence-corrected chi connectivity index (χ3v) is 3.20. The first-order chi connectivity index (χ1) is 8.78. The quantitative estimate of drug-likeness (QED) is 0.473. The molecule has 0 saturated heterocycles. The van der Waals surface area contributed by atoms with Crippen molar-refractivity contribution in [2.45, 2.75) is 27.7 Å². The molecule has 5 heteroatoms. The van der Waals surface area contributed by atoms with Crippen LogP contribution < -0.4 is 0 Å². The third-order valence-electron chi connectivity index (χ3n) is 3.20. The number of likely N-dealkylation sites (N-methyl/N-ethyl adjacent to an activating group) is 2. The summed E-state index contributed by atoms with van der Waals surface area (Å²) >= 11 is 0. The van der Waals surface area contributed by atoms with Crippen molar-refractivity contribution in [3.63, 3.8) is 0 Å². The predicted octanol–water partition coefficient (Wildman–Crippen LogP) is 1.70. The van der Waals surface area contributed by atoms with E-state index in [0.29, 0.717) is 0 Å². The normalized spacial score (nSPS) is 11.1. The average molecular weight is 349 g/mol. The van der Waals surface area contributed by atoms with Crippen LogP contribution in [0, 0.1) is 0 Å². The van der Waals surface area contributed by atoms with E-state index < -0.39 is 0 Å². The Bertz CT molecular complexity index is 170. The molecule has 0 fully saturated rings. The van der Waals surface area contributed by atoms with Crippen LogP contribution in [-0.2, 0) is 42.2 Å². The Kier molecular flexibility index (Phi) is 19.9. The summed E-state index contributed by atoms with van der Waals surface area (Å²) in [6.45, 7) is 18.2. The molecule has 0 aromatic rings. The Morgan fingerprint density at radius 1 is 0.632 bits per heavy atom. The molecule has 0 heterocycles. The minimum atomic E-state index is 0. The topological polar surface area (TPSA) is 24.9 Å². The van der Waals surface area contributed by atoms with Gasteiger partial charge in [-0.15, -0.1) is 0 Å². The van der Waals surface area contributed by atoms with Gasteiger partial charge in [-0.1, -0.05) is 20.8 Å². The van der Waals surface area contributed by atoms with Gasteiger partial charge in [-0.2, -0.15) is 0 Å². The van der Waals surface area contributed by atoms with Crippen molar-refractivity contribution >= 4 is 0 Å². The Labute approximate surface area is 145 Å². The second kappa shape index (κ2) is 17.0. The van der Waals surface area contributed by atoms with E-state index in [0.717, 1.165) is 65.7 Å². The van der Waals surface area contributed by atoms with E-state index in [9.17, 15) is 0 Å². The molecule has 1 radical (unpaired) electrons. The first-order valence-electron chi connectivity index (χ1n) is 7.38. The van der Waals surface area contributed by atoms with Crippen LogP contribution in [0.1, 0.15) is 27.7 Å². The fraction of sp³-hybridized carbons (Fsp3) is 1.00. The van der Waals surface area contributed by atoms with E-state index in [1.54, 1.807) is 0 Å². The van der Waals surface area contributed by atoms with Gasteiger partial charge in [0.25, 0.3) is 0 Å². The summed E-state index contributed by atoms with van der Waals surface area (Å²) in [6.07, 6.45) is 0. The van der Waals surface area contributed by atoms with Crippen molar-refractivity contribution in [1.29, 1.82) is 0 Å². The Balaban J connectivity index is 0. The summed E-state index contributed by atoms with van der Waals surface area (Å²) in [5.41, 5.74) is 0. The molecular weight excluding hydrogens is 317 g/mol. The average Bonchev–Trinajstić information content (AvgIpc) is 2.41. The number of hydrogen-bond acceptors (Lipinski definition) is 4. The maximum atomic E-state index is 5.68. The minimum absolute atomic E-state index is 0. The van der Waals surface area contributed by atoms with E-state index in [-0.39, 0.29) is 32.7 Å². The van der Waals surface area contributed by atoms with Gasteiger partial charge in [-0.05, 0) is 26.6 Å². The van der Waals surface area contributed by atoms with Crippen LogP contribution in [0.15, 0.2) is 0 Å². The maximum absolute atomic E-state index is 5.68. The molecule has 4 nitrogen and oxygen atoms in total. The SMILES string of the molecule is CCOCCN(CC)CCOCCN(CC)CC.[Y]. The summed E-state index contributed by atoms with van der Waals surface area (Å²) in [5, 5.41) is 0. The molecule has 0 aliphatic heterocycles. The Morgan fingerprint density at radius 3 is 1.47 bits per heavy atom. The van der Waals surface area contributed by atoms with E-state index in [1.165, 1.54) is 0 Å². The molecule has 0 amide bonds. The zero-order valence-corrected chi connectivity index (χ0v) is 16.2. The van der Waals surface area contributed by atoms with Crippen molar-refractivity contribution < 1.29 is 42.2 Å². The van der Waals surface area contributed by atoms with Crippen molar-refractivity contribution in [3.05, 3.63) is 0 Å². The smallest absolute Gasteiger partial charge is 0.0594 e. The van der Waals surface area contributed by atoms with Crippen molar-refractivity contribution in [2.75, 3.05) is 65.7 Å². The summed E-state index contributed by atoms with van der Waals surface area (Å²) < 4.78 is 11.0. The van der Waals surface area contributed by atoms with Gasteiger partial charge in [0, 0.05) is 59.0 Å². The summed E-state index contributed by atoms with van der Waals surface area (Å²) in [6, 6.07) is 0. The van der Waals surface area contributed by atoms with Gasteiger partial charge >= 0.3 is 0 Å². The Hall–Kier alpha value is 0.944. The number of rotatable bonds is 13. The molecule has 0 atom stereocenters. The van der Waals surface area contributed by atoms with Crippen LogP contribution in [0.4, 0.5) is 0 Å². The van der Waals surface area contributed by atoms with Crippen LogP contribution >= 0.6 is 0 Å². The fourth-order valence-electron chi connectivity index (χ4n) is 1.80. The van der Waals surface area contributed by atoms with Crippen LogP contribution in [0.25, 0.3) is 0 Å². The molecule has 0 aromatic carbocycles. The molecule has 0 spiro atoms. The largest absolute Gasteiger partial charge is 0.380 e.